The van der Waals surface area contributed by atoms with Gasteiger partial charge in [-0.3, -0.25) is 14.4 Å². The first kappa shape index (κ1) is 18.0. The first-order valence-electron chi connectivity index (χ1n) is 8.99. The van der Waals surface area contributed by atoms with Crippen LogP contribution in [-0.2, 0) is 10.2 Å². The normalized spacial score (nSPS) is 16.8. The summed E-state index contributed by atoms with van der Waals surface area (Å²) in [7, 11) is 0. The summed E-state index contributed by atoms with van der Waals surface area (Å²) in [5.74, 6) is -1.46. The highest BCUT2D eigenvalue weighted by Crippen LogP contribution is 2.51. The van der Waals surface area contributed by atoms with Gasteiger partial charge in [-0.05, 0) is 28.5 Å². The lowest BCUT2D eigenvalue weighted by atomic mass is 9.80. The Morgan fingerprint density at radius 3 is 2.50 bits per heavy atom. The fraction of sp³-hybridized carbons (Fsp3) is 0.227. The average molecular weight is 377 g/mol. The van der Waals surface area contributed by atoms with Crippen molar-refractivity contribution in [2.24, 2.45) is 0 Å². The molecule has 0 saturated heterocycles. The first-order chi connectivity index (χ1) is 13.2. The van der Waals surface area contributed by atoms with Crippen LogP contribution < -0.4 is 15.8 Å². The van der Waals surface area contributed by atoms with E-state index in [-0.39, 0.29) is 18.5 Å². The number of aliphatic carboxylic acids is 1. The smallest absolute Gasteiger partial charge is 0.305 e. The van der Waals surface area contributed by atoms with Crippen molar-refractivity contribution in [3.8, 4) is 5.75 Å². The van der Waals surface area contributed by atoms with E-state index in [0.29, 0.717) is 5.70 Å². The molecule has 28 heavy (non-hydrogen) atoms. The molecule has 0 saturated carbocycles. The Morgan fingerprint density at radius 1 is 1.11 bits per heavy atom. The molecule has 0 unspecified atom stereocenters. The second-order valence-corrected chi connectivity index (χ2v) is 7.55. The maximum Gasteiger partial charge on any atom is 0.305 e. The van der Waals surface area contributed by atoms with Gasteiger partial charge >= 0.3 is 5.97 Å². The van der Waals surface area contributed by atoms with Crippen LogP contribution in [0, 0.1) is 0 Å². The predicted octanol–water partition coefficient (Wildman–Crippen LogP) is 2.75. The lowest BCUT2D eigenvalue weighted by Crippen LogP contribution is -2.34. The van der Waals surface area contributed by atoms with Gasteiger partial charge in [-0.2, -0.15) is 0 Å². The molecule has 0 spiro atoms. The van der Waals surface area contributed by atoms with Gasteiger partial charge in [0.1, 0.15) is 0 Å². The van der Waals surface area contributed by atoms with E-state index in [9.17, 15) is 24.6 Å². The van der Waals surface area contributed by atoms with Crippen LogP contribution in [0.3, 0.4) is 0 Å². The third-order valence-corrected chi connectivity index (χ3v) is 5.51. The van der Waals surface area contributed by atoms with Crippen LogP contribution in [-0.4, -0.2) is 22.7 Å². The maximum absolute atomic E-state index is 11.9. The maximum atomic E-state index is 11.9. The van der Waals surface area contributed by atoms with E-state index >= 15 is 0 Å². The van der Waals surface area contributed by atoms with Gasteiger partial charge < -0.3 is 15.1 Å². The van der Waals surface area contributed by atoms with Crippen LogP contribution in [0.5, 0.6) is 5.75 Å². The molecule has 142 valence electrons. The van der Waals surface area contributed by atoms with E-state index < -0.39 is 28.0 Å². The highest BCUT2D eigenvalue weighted by atomic mass is 16.4. The van der Waals surface area contributed by atoms with Crippen LogP contribution in [0.2, 0.25) is 0 Å². The van der Waals surface area contributed by atoms with Crippen molar-refractivity contribution in [1.29, 1.82) is 0 Å². The molecular weight excluding hydrogens is 358 g/mol. The topological polar surface area (TPSA) is 94.9 Å². The molecule has 0 atom stereocenters. The molecular formula is C22H19NO5. The van der Waals surface area contributed by atoms with Gasteiger partial charge in [0.05, 0.1) is 12.0 Å². The fourth-order valence-electron chi connectivity index (χ4n) is 4.11. The summed E-state index contributed by atoms with van der Waals surface area (Å²) in [4.78, 5) is 36.4. The summed E-state index contributed by atoms with van der Waals surface area (Å²) in [6.07, 6.45) is 1.44. The molecule has 6 nitrogen and oxygen atoms in total. The molecule has 1 aliphatic heterocycles. The minimum Gasteiger partial charge on any atom is -0.504 e. The van der Waals surface area contributed by atoms with Gasteiger partial charge in [-0.1, -0.05) is 44.2 Å². The van der Waals surface area contributed by atoms with E-state index in [0.717, 1.165) is 22.0 Å². The summed E-state index contributed by atoms with van der Waals surface area (Å²) in [6, 6.07) is 11.9. The number of nitrogens with zero attached hydrogens (tertiary/aromatic N) is 1. The molecule has 0 amide bonds. The second kappa shape index (κ2) is 6.05. The first-order valence-corrected chi connectivity index (χ1v) is 8.99. The molecule has 0 radical (unpaired) electrons. The van der Waals surface area contributed by atoms with Crippen molar-refractivity contribution in [3.63, 3.8) is 0 Å². The van der Waals surface area contributed by atoms with Crippen molar-refractivity contribution in [3.05, 3.63) is 73.7 Å². The van der Waals surface area contributed by atoms with E-state index in [4.69, 9.17) is 0 Å². The fourth-order valence-corrected chi connectivity index (χ4v) is 4.11. The van der Waals surface area contributed by atoms with Crippen molar-refractivity contribution < 1.29 is 15.0 Å². The molecule has 0 fully saturated rings. The van der Waals surface area contributed by atoms with Gasteiger partial charge in [0.2, 0.25) is 5.43 Å². The number of carboxylic acids is 1. The Balaban J connectivity index is 1.96. The van der Waals surface area contributed by atoms with Gasteiger partial charge in [0, 0.05) is 23.3 Å². The Morgan fingerprint density at radius 2 is 1.82 bits per heavy atom. The minimum atomic E-state index is -0.927. The number of benzene rings is 2. The summed E-state index contributed by atoms with van der Waals surface area (Å²) >= 11 is 0. The van der Waals surface area contributed by atoms with Gasteiger partial charge in [0.25, 0.3) is 5.43 Å². The Hall–Kier alpha value is -3.41. The number of carboxylic acid groups (broad SMARTS) is 1. The van der Waals surface area contributed by atoms with Crippen molar-refractivity contribution in [1.82, 2.24) is 0 Å². The average Bonchev–Trinajstić information content (AvgIpc) is 2.90. The summed E-state index contributed by atoms with van der Waals surface area (Å²) in [6.45, 7) is 4.20. The van der Waals surface area contributed by atoms with Crippen LogP contribution >= 0.6 is 0 Å². The standard InChI is InChI=1S/C22H19NO5/c1-22(2)16(11-14-19(26)21(28)20(14)27)23(10-9-17(24)25)15-8-7-12-5-3-4-6-13(12)18(15)22/h3-8,11,26H,9-10H2,1-2H3,(H,24,25)/b16-11+. The number of allylic oxidation sites excluding steroid dienone is 1. The molecule has 0 aromatic heterocycles. The van der Waals surface area contributed by atoms with E-state index in [2.05, 4.69) is 0 Å². The van der Waals surface area contributed by atoms with E-state index in [1.54, 1.807) is 0 Å². The number of anilines is 1. The van der Waals surface area contributed by atoms with Gasteiger partial charge in [-0.25, -0.2) is 0 Å². The van der Waals surface area contributed by atoms with Gasteiger partial charge in [-0.15, -0.1) is 0 Å². The molecule has 3 aromatic rings. The number of hydrogen-bond donors (Lipinski definition) is 2. The monoisotopic (exact) mass is 377 g/mol. The Labute approximate surface area is 160 Å². The number of carbonyl (C=O) groups is 1. The Bertz CT molecular complexity index is 1230. The lowest BCUT2D eigenvalue weighted by molar-refractivity contribution is -0.136. The van der Waals surface area contributed by atoms with Crippen LogP contribution in [0.4, 0.5) is 5.69 Å². The summed E-state index contributed by atoms with van der Waals surface area (Å²) < 4.78 is 0. The van der Waals surface area contributed by atoms with Crippen molar-refractivity contribution >= 4 is 28.5 Å². The molecule has 6 heteroatoms. The highest BCUT2D eigenvalue weighted by molar-refractivity contribution is 5.96. The zero-order valence-corrected chi connectivity index (χ0v) is 15.5. The van der Waals surface area contributed by atoms with E-state index in [1.807, 2.05) is 55.1 Å². The molecule has 4 rings (SSSR count). The SMILES string of the molecule is CC1(C)/C(=C\c2c(O)c(=O)c2=O)N(CCC(=O)O)c2ccc3ccccc3c21. The third kappa shape index (κ3) is 2.45. The van der Waals surface area contributed by atoms with Crippen molar-refractivity contribution in [2.75, 3.05) is 11.4 Å². The van der Waals surface area contributed by atoms with Crippen LogP contribution in [0.15, 0.2) is 51.7 Å². The molecule has 1 aliphatic rings. The van der Waals surface area contributed by atoms with Gasteiger partial charge in [0.15, 0.2) is 5.75 Å². The lowest BCUT2D eigenvalue weighted by Gasteiger charge is -2.27. The Kier molecular flexibility index (Phi) is 3.89. The zero-order valence-electron chi connectivity index (χ0n) is 15.5. The molecule has 3 aromatic carbocycles. The highest BCUT2D eigenvalue weighted by Gasteiger charge is 2.42. The summed E-state index contributed by atoms with van der Waals surface area (Å²) in [5, 5.41) is 21.1. The second-order valence-electron chi connectivity index (χ2n) is 7.55. The largest absolute Gasteiger partial charge is 0.504 e. The third-order valence-electron chi connectivity index (χ3n) is 5.51. The molecule has 2 N–H and O–H groups in total. The number of fused-ring (bicyclic) bond motifs is 3. The summed E-state index contributed by atoms with van der Waals surface area (Å²) in [5.41, 5.74) is 0.395. The molecule has 0 aliphatic carbocycles. The quantitative estimate of drug-likeness (QED) is 0.679. The number of rotatable bonds is 4. The van der Waals surface area contributed by atoms with Crippen LogP contribution in [0.1, 0.15) is 31.4 Å². The number of hydrogen-bond acceptors (Lipinski definition) is 5. The molecule has 1 heterocycles. The zero-order chi connectivity index (χ0) is 20.2. The van der Waals surface area contributed by atoms with Crippen LogP contribution in [0.25, 0.3) is 16.8 Å². The number of aromatic hydroxyl groups is 1. The minimum absolute atomic E-state index is 0.0227. The van der Waals surface area contributed by atoms with E-state index in [1.165, 1.54) is 6.08 Å². The van der Waals surface area contributed by atoms with Crippen molar-refractivity contribution in [2.45, 2.75) is 25.7 Å². The predicted molar refractivity (Wildman–Crippen MR) is 108 cm³/mol. The molecule has 0 bridgehead atoms.